The Hall–Kier alpha value is -3.54. The Morgan fingerprint density at radius 1 is 0.897 bits per heavy atom. The van der Waals surface area contributed by atoms with E-state index < -0.39 is 17.7 Å². The van der Waals surface area contributed by atoms with Gasteiger partial charge in [-0.1, -0.05) is 42.5 Å². The number of aromatic hydroxyl groups is 1. The summed E-state index contributed by atoms with van der Waals surface area (Å²) in [6.45, 7) is 0.379. The second-order valence-corrected chi connectivity index (χ2v) is 6.48. The van der Waals surface area contributed by atoms with Gasteiger partial charge in [0.2, 0.25) is 0 Å². The van der Waals surface area contributed by atoms with Crippen LogP contribution in [0.1, 0.15) is 32.7 Å². The number of hydrogen-bond acceptors (Lipinski definition) is 6. The van der Waals surface area contributed by atoms with Crippen LogP contribution >= 0.6 is 0 Å². The number of phenols is 1. The summed E-state index contributed by atoms with van der Waals surface area (Å²) in [5, 5.41) is 12.6. The first-order valence-electron chi connectivity index (χ1n) is 9.17. The van der Waals surface area contributed by atoms with Gasteiger partial charge in [0.05, 0.1) is 26.4 Å². The molecule has 0 atom stereocenters. The van der Waals surface area contributed by atoms with E-state index in [2.05, 4.69) is 39.8 Å². The molecule has 29 heavy (non-hydrogen) atoms. The molecule has 0 aliphatic carbocycles. The van der Waals surface area contributed by atoms with E-state index in [0.29, 0.717) is 6.61 Å². The summed E-state index contributed by atoms with van der Waals surface area (Å²) in [6.07, 6.45) is 1.56. The number of benzene rings is 3. The van der Waals surface area contributed by atoms with Crippen LogP contribution < -0.4 is 4.74 Å². The highest BCUT2D eigenvalue weighted by atomic mass is 16.5. The Kier molecular flexibility index (Phi) is 6.34. The summed E-state index contributed by atoms with van der Waals surface area (Å²) in [6, 6.07) is 17.2. The summed E-state index contributed by atoms with van der Waals surface area (Å²) in [7, 11) is 2.36. The topological polar surface area (TPSA) is 82.1 Å². The van der Waals surface area contributed by atoms with Gasteiger partial charge in [-0.3, -0.25) is 0 Å². The third kappa shape index (κ3) is 4.66. The van der Waals surface area contributed by atoms with E-state index in [1.165, 1.54) is 42.7 Å². The van der Waals surface area contributed by atoms with Gasteiger partial charge in [0, 0.05) is 6.07 Å². The number of phenolic OH excluding ortho intramolecular Hbond substituents is 1. The smallest absolute Gasteiger partial charge is 0.342 e. The SMILES string of the molecule is COC(=O)c1cc(OCCCc2ccc3ccccc3c2)cc(O)c1C(=O)OC. The fraction of sp³-hybridized carbons (Fsp3) is 0.217. The molecule has 3 rings (SSSR count). The van der Waals surface area contributed by atoms with Crippen molar-refractivity contribution in [2.24, 2.45) is 0 Å². The van der Waals surface area contributed by atoms with Gasteiger partial charge < -0.3 is 19.3 Å². The van der Waals surface area contributed by atoms with Crippen molar-refractivity contribution in [3.8, 4) is 11.5 Å². The zero-order valence-electron chi connectivity index (χ0n) is 16.3. The van der Waals surface area contributed by atoms with Crippen molar-refractivity contribution in [1.82, 2.24) is 0 Å². The third-order valence-electron chi connectivity index (χ3n) is 4.58. The van der Waals surface area contributed by atoms with E-state index in [4.69, 9.17) is 4.74 Å². The van der Waals surface area contributed by atoms with Crippen LogP contribution in [-0.4, -0.2) is 37.9 Å². The molecule has 0 bridgehead atoms. The lowest BCUT2D eigenvalue weighted by Crippen LogP contribution is -2.13. The minimum atomic E-state index is -0.828. The van der Waals surface area contributed by atoms with Gasteiger partial charge in [0.1, 0.15) is 17.1 Å². The molecule has 150 valence electrons. The minimum absolute atomic E-state index is 0.108. The lowest BCUT2D eigenvalue weighted by atomic mass is 10.0. The molecule has 6 heteroatoms. The number of esters is 2. The normalized spacial score (nSPS) is 10.6. The number of aryl methyl sites for hydroxylation is 1. The molecule has 0 fully saturated rings. The van der Waals surface area contributed by atoms with Gasteiger partial charge in [0.25, 0.3) is 0 Å². The number of rotatable bonds is 7. The Bertz CT molecular complexity index is 1040. The molecule has 0 radical (unpaired) electrons. The molecule has 3 aromatic rings. The molecule has 0 heterocycles. The van der Waals surface area contributed by atoms with Crippen LogP contribution in [0.3, 0.4) is 0 Å². The van der Waals surface area contributed by atoms with Crippen molar-refractivity contribution >= 4 is 22.7 Å². The van der Waals surface area contributed by atoms with Gasteiger partial charge >= 0.3 is 11.9 Å². The zero-order valence-corrected chi connectivity index (χ0v) is 16.3. The monoisotopic (exact) mass is 394 g/mol. The molecule has 0 saturated carbocycles. The van der Waals surface area contributed by atoms with Crippen LogP contribution in [0.5, 0.6) is 11.5 Å². The van der Waals surface area contributed by atoms with E-state index in [-0.39, 0.29) is 16.9 Å². The number of methoxy groups -OCH3 is 2. The van der Waals surface area contributed by atoms with Gasteiger partial charge in [-0.05, 0) is 35.2 Å². The molecule has 0 unspecified atom stereocenters. The predicted octanol–water partition coefficient (Wildman–Crippen LogP) is 4.13. The Balaban J connectivity index is 1.67. The average molecular weight is 394 g/mol. The predicted molar refractivity (Wildman–Crippen MR) is 109 cm³/mol. The summed E-state index contributed by atoms with van der Waals surface area (Å²) in [5.74, 6) is -1.72. The Morgan fingerprint density at radius 3 is 2.34 bits per heavy atom. The van der Waals surface area contributed by atoms with E-state index in [9.17, 15) is 14.7 Å². The minimum Gasteiger partial charge on any atom is -0.507 e. The van der Waals surface area contributed by atoms with Crippen LogP contribution in [0, 0.1) is 0 Å². The maximum absolute atomic E-state index is 12.0. The van der Waals surface area contributed by atoms with Crippen LogP contribution in [0.4, 0.5) is 0 Å². The molecule has 0 amide bonds. The Morgan fingerprint density at radius 2 is 1.62 bits per heavy atom. The van der Waals surface area contributed by atoms with Crippen molar-refractivity contribution in [2.45, 2.75) is 12.8 Å². The zero-order chi connectivity index (χ0) is 20.8. The lowest BCUT2D eigenvalue weighted by molar-refractivity contribution is 0.0551. The third-order valence-corrected chi connectivity index (χ3v) is 4.58. The summed E-state index contributed by atoms with van der Waals surface area (Å²) in [4.78, 5) is 23.9. The standard InChI is InChI=1S/C23H22O6/c1-27-22(25)19-13-18(14-20(24)21(19)23(26)28-2)29-11-5-6-15-9-10-16-7-3-4-8-17(16)12-15/h3-4,7-10,12-14,24H,5-6,11H2,1-2H3. The number of carbonyl (C=O) groups excluding carboxylic acids is 2. The molecule has 6 nitrogen and oxygen atoms in total. The number of ether oxygens (including phenoxy) is 3. The molecule has 0 aliphatic rings. The summed E-state index contributed by atoms with van der Waals surface area (Å²) >= 11 is 0. The van der Waals surface area contributed by atoms with Crippen LogP contribution in [-0.2, 0) is 15.9 Å². The van der Waals surface area contributed by atoms with Crippen molar-refractivity contribution in [3.63, 3.8) is 0 Å². The molecular weight excluding hydrogens is 372 g/mol. The molecule has 1 N–H and O–H groups in total. The van der Waals surface area contributed by atoms with Gasteiger partial charge in [-0.25, -0.2) is 9.59 Å². The van der Waals surface area contributed by atoms with Crippen molar-refractivity contribution < 1.29 is 28.9 Å². The largest absolute Gasteiger partial charge is 0.507 e. The highest BCUT2D eigenvalue weighted by Gasteiger charge is 2.24. The second-order valence-electron chi connectivity index (χ2n) is 6.48. The van der Waals surface area contributed by atoms with E-state index >= 15 is 0 Å². The Labute approximate surface area is 168 Å². The fourth-order valence-corrected chi connectivity index (χ4v) is 3.13. The van der Waals surface area contributed by atoms with E-state index in [1.54, 1.807) is 0 Å². The first-order valence-corrected chi connectivity index (χ1v) is 9.17. The number of carbonyl (C=O) groups is 2. The quantitative estimate of drug-likeness (QED) is 0.479. The molecule has 3 aromatic carbocycles. The first-order chi connectivity index (χ1) is 14.0. The van der Waals surface area contributed by atoms with Crippen LogP contribution in [0.25, 0.3) is 10.8 Å². The molecule has 0 aliphatic heterocycles. The van der Waals surface area contributed by atoms with E-state index in [0.717, 1.165) is 12.8 Å². The second kappa shape index (κ2) is 9.10. The summed E-state index contributed by atoms with van der Waals surface area (Å²) < 4.78 is 15.0. The maximum Gasteiger partial charge on any atom is 0.342 e. The summed E-state index contributed by atoms with van der Waals surface area (Å²) in [5.41, 5.74) is 0.846. The van der Waals surface area contributed by atoms with Crippen molar-refractivity contribution in [3.05, 3.63) is 71.3 Å². The van der Waals surface area contributed by atoms with Crippen LogP contribution in [0.15, 0.2) is 54.6 Å². The number of hydrogen-bond donors (Lipinski definition) is 1. The fourth-order valence-electron chi connectivity index (χ4n) is 3.13. The van der Waals surface area contributed by atoms with Gasteiger partial charge in [-0.2, -0.15) is 0 Å². The van der Waals surface area contributed by atoms with Crippen molar-refractivity contribution in [2.75, 3.05) is 20.8 Å². The molecule has 0 aromatic heterocycles. The molecule has 0 spiro atoms. The molecular formula is C23H22O6. The number of fused-ring (bicyclic) bond motifs is 1. The van der Waals surface area contributed by atoms with Gasteiger partial charge in [0.15, 0.2) is 0 Å². The maximum atomic E-state index is 12.0. The average Bonchev–Trinajstić information content (AvgIpc) is 2.75. The van der Waals surface area contributed by atoms with Crippen LogP contribution in [0.2, 0.25) is 0 Å². The highest BCUT2D eigenvalue weighted by molar-refractivity contribution is 6.05. The lowest BCUT2D eigenvalue weighted by Gasteiger charge is -2.12. The van der Waals surface area contributed by atoms with Crippen molar-refractivity contribution in [1.29, 1.82) is 0 Å². The first kappa shape index (κ1) is 20.2. The highest BCUT2D eigenvalue weighted by Crippen LogP contribution is 2.29. The van der Waals surface area contributed by atoms with Gasteiger partial charge in [-0.15, -0.1) is 0 Å². The van der Waals surface area contributed by atoms with E-state index in [1.807, 2.05) is 12.1 Å². The molecule has 0 saturated heterocycles.